The molecule has 2 rings (SSSR count). The third kappa shape index (κ3) is 3.40. The average molecular weight is 287 g/mol. The third-order valence-electron chi connectivity index (χ3n) is 3.47. The number of hydrogen-bond donors (Lipinski definition) is 1. The van der Waals surface area contributed by atoms with Crippen LogP contribution in [0.25, 0.3) is 11.4 Å². The Morgan fingerprint density at radius 1 is 1.14 bits per heavy atom. The molecule has 0 atom stereocenters. The van der Waals surface area contributed by atoms with Crippen LogP contribution in [0.15, 0.2) is 12.3 Å². The highest BCUT2D eigenvalue weighted by Crippen LogP contribution is 2.26. The fourth-order valence-corrected chi connectivity index (χ4v) is 2.35. The highest BCUT2D eigenvalue weighted by atomic mass is 15.3. The van der Waals surface area contributed by atoms with Gasteiger partial charge in [0.1, 0.15) is 11.6 Å². The smallest absolute Gasteiger partial charge is 0.133 e. The molecule has 0 amide bonds. The van der Waals surface area contributed by atoms with Gasteiger partial charge in [0.25, 0.3) is 0 Å². The van der Waals surface area contributed by atoms with Gasteiger partial charge in [0.05, 0.1) is 11.4 Å². The molecule has 5 heteroatoms. The summed E-state index contributed by atoms with van der Waals surface area (Å²) in [4.78, 5) is 9.44. The minimum atomic E-state index is 0.840. The molecule has 0 aliphatic carbocycles. The zero-order valence-electron chi connectivity index (χ0n) is 13.5. The Morgan fingerprint density at radius 2 is 1.95 bits per heavy atom. The lowest BCUT2D eigenvalue weighted by atomic mass is 10.1. The first-order valence-electron chi connectivity index (χ1n) is 7.84. The molecule has 114 valence electrons. The second-order valence-corrected chi connectivity index (χ2v) is 5.17. The second-order valence-electron chi connectivity index (χ2n) is 5.17. The Kier molecular flexibility index (Phi) is 5.31. The summed E-state index contributed by atoms with van der Waals surface area (Å²) >= 11 is 0. The Hall–Kier alpha value is -1.91. The zero-order chi connectivity index (χ0) is 15.2. The molecule has 0 aliphatic heterocycles. The van der Waals surface area contributed by atoms with Crippen molar-refractivity contribution in [3.8, 4) is 11.4 Å². The van der Waals surface area contributed by atoms with Gasteiger partial charge in [0.15, 0.2) is 0 Å². The topological polar surface area (TPSA) is 55.6 Å². The molecule has 1 N–H and O–H groups in total. The molecule has 2 heterocycles. The Morgan fingerprint density at radius 3 is 2.62 bits per heavy atom. The molecule has 0 radical (unpaired) electrons. The van der Waals surface area contributed by atoms with Gasteiger partial charge in [-0.15, -0.1) is 0 Å². The molecule has 0 spiro atoms. The van der Waals surface area contributed by atoms with Crippen LogP contribution >= 0.6 is 0 Å². The number of nitrogens with one attached hydrogen (secondary N) is 1. The maximum Gasteiger partial charge on any atom is 0.133 e. The van der Waals surface area contributed by atoms with Gasteiger partial charge in [-0.05, 0) is 32.8 Å². The van der Waals surface area contributed by atoms with E-state index in [-0.39, 0.29) is 0 Å². The third-order valence-corrected chi connectivity index (χ3v) is 3.47. The molecule has 2 aromatic heterocycles. The number of anilines is 1. The highest BCUT2D eigenvalue weighted by Gasteiger charge is 2.15. The number of aryl methyl sites for hydroxylation is 2. The second kappa shape index (κ2) is 7.20. The Labute approximate surface area is 126 Å². The first kappa shape index (κ1) is 15.5. The van der Waals surface area contributed by atoms with Crippen molar-refractivity contribution >= 4 is 5.82 Å². The number of nitrogens with zero attached hydrogens (tertiary/aromatic N) is 4. The Balaban J connectivity index is 2.50. The molecule has 0 aromatic carbocycles. The summed E-state index contributed by atoms with van der Waals surface area (Å²) in [5.41, 5.74) is 3.15. The van der Waals surface area contributed by atoms with Crippen LogP contribution in [0.1, 0.15) is 45.0 Å². The van der Waals surface area contributed by atoms with E-state index in [1.165, 1.54) is 0 Å². The van der Waals surface area contributed by atoms with Crippen LogP contribution in [0.5, 0.6) is 0 Å². The fraction of sp³-hybridized carbons (Fsp3) is 0.562. The summed E-state index contributed by atoms with van der Waals surface area (Å²) in [6.07, 6.45) is 4.85. The molecule has 0 fully saturated rings. The van der Waals surface area contributed by atoms with Crippen LogP contribution in [-0.2, 0) is 13.0 Å². The molecule has 0 unspecified atom stereocenters. The lowest BCUT2D eigenvalue weighted by Gasteiger charge is -2.14. The summed E-state index contributed by atoms with van der Waals surface area (Å²) in [5, 5.41) is 7.78. The molecule has 0 aliphatic rings. The number of aromatic nitrogens is 4. The molecule has 21 heavy (non-hydrogen) atoms. The maximum atomic E-state index is 4.77. The monoisotopic (exact) mass is 287 g/mol. The summed E-state index contributed by atoms with van der Waals surface area (Å²) in [6.45, 7) is 10.2. The first-order valence-corrected chi connectivity index (χ1v) is 7.84. The summed E-state index contributed by atoms with van der Waals surface area (Å²) in [6, 6.07) is 2.03. The largest absolute Gasteiger partial charge is 0.370 e. The molecule has 0 saturated heterocycles. The Bertz CT molecular complexity index is 588. The summed E-state index contributed by atoms with van der Waals surface area (Å²) < 4.78 is 1.98. The molecule has 0 saturated carbocycles. The lowest BCUT2D eigenvalue weighted by molar-refractivity contribution is 0.664. The minimum Gasteiger partial charge on any atom is -0.370 e. The van der Waals surface area contributed by atoms with Gasteiger partial charge < -0.3 is 5.32 Å². The molecular formula is C16H25N5. The van der Waals surface area contributed by atoms with E-state index < -0.39 is 0 Å². The standard InChI is InChI=1S/C16H25N5/c1-5-8-14-19-15(13-9-11-18-21(13)7-3)12(4)16(20-14)17-10-6-2/h9,11H,5-8,10H2,1-4H3,(H,17,19,20). The van der Waals surface area contributed by atoms with Crippen LogP contribution < -0.4 is 5.32 Å². The minimum absolute atomic E-state index is 0.840. The normalized spacial score (nSPS) is 10.9. The van der Waals surface area contributed by atoms with E-state index in [0.717, 1.165) is 60.9 Å². The van der Waals surface area contributed by atoms with Gasteiger partial charge in [-0.1, -0.05) is 13.8 Å². The van der Waals surface area contributed by atoms with Crippen molar-refractivity contribution in [2.24, 2.45) is 0 Å². The number of hydrogen-bond acceptors (Lipinski definition) is 4. The van der Waals surface area contributed by atoms with E-state index >= 15 is 0 Å². The van der Waals surface area contributed by atoms with Crippen molar-refractivity contribution in [3.05, 3.63) is 23.7 Å². The highest BCUT2D eigenvalue weighted by molar-refractivity contribution is 5.65. The van der Waals surface area contributed by atoms with E-state index in [4.69, 9.17) is 4.98 Å². The van der Waals surface area contributed by atoms with Crippen LogP contribution in [0.3, 0.4) is 0 Å². The van der Waals surface area contributed by atoms with Gasteiger partial charge in [-0.2, -0.15) is 5.10 Å². The molecule has 0 bridgehead atoms. The predicted molar refractivity (Wildman–Crippen MR) is 86.4 cm³/mol. The van der Waals surface area contributed by atoms with E-state index in [9.17, 15) is 0 Å². The van der Waals surface area contributed by atoms with Gasteiger partial charge in [0.2, 0.25) is 0 Å². The van der Waals surface area contributed by atoms with Gasteiger partial charge in [-0.3, -0.25) is 4.68 Å². The summed E-state index contributed by atoms with van der Waals surface area (Å²) in [5.74, 6) is 1.86. The molecular weight excluding hydrogens is 262 g/mol. The summed E-state index contributed by atoms with van der Waals surface area (Å²) in [7, 11) is 0. The van der Waals surface area contributed by atoms with Crippen LogP contribution in [0.2, 0.25) is 0 Å². The zero-order valence-corrected chi connectivity index (χ0v) is 13.5. The van der Waals surface area contributed by atoms with E-state index in [1.54, 1.807) is 0 Å². The van der Waals surface area contributed by atoms with Crippen LogP contribution in [-0.4, -0.2) is 26.3 Å². The van der Waals surface area contributed by atoms with Crippen molar-refractivity contribution < 1.29 is 0 Å². The maximum absolute atomic E-state index is 4.77. The lowest BCUT2D eigenvalue weighted by Crippen LogP contribution is -2.10. The van der Waals surface area contributed by atoms with Gasteiger partial charge in [0, 0.05) is 31.3 Å². The number of rotatable bonds is 7. The van der Waals surface area contributed by atoms with Crippen molar-refractivity contribution in [2.75, 3.05) is 11.9 Å². The predicted octanol–water partition coefficient (Wildman–Crippen LogP) is 3.44. The van der Waals surface area contributed by atoms with Crippen molar-refractivity contribution in [1.29, 1.82) is 0 Å². The van der Waals surface area contributed by atoms with Crippen molar-refractivity contribution in [1.82, 2.24) is 19.7 Å². The SMILES string of the molecule is CCCNc1nc(CCC)nc(-c2ccnn2CC)c1C. The quantitative estimate of drug-likeness (QED) is 0.847. The van der Waals surface area contributed by atoms with Crippen molar-refractivity contribution in [3.63, 3.8) is 0 Å². The van der Waals surface area contributed by atoms with Gasteiger partial charge >= 0.3 is 0 Å². The molecule has 5 nitrogen and oxygen atoms in total. The fourth-order valence-electron chi connectivity index (χ4n) is 2.35. The van der Waals surface area contributed by atoms with E-state index in [1.807, 2.05) is 16.9 Å². The van der Waals surface area contributed by atoms with Crippen LogP contribution in [0, 0.1) is 6.92 Å². The van der Waals surface area contributed by atoms with E-state index in [2.05, 4.69) is 43.1 Å². The average Bonchev–Trinajstić information content (AvgIpc) is 2.96. The van der Waals surface area contributed by atoms with Crippen molar-refractivity contribution in [2.45, 2.75) is 53.5 Å². The van der Waals surface area contributed by atoms with E-state index in [0.29, 0.717) is 0 Å². The van der Waals surface area contributed by atoms with Crippen LogP contribution in [0.4, 0.5) is 5.82 Å². The molecule has 2 aromatic rings. The first-order chi connectivity index (χ1) is 10.2. The van der Waals surface area contributed by atoms with Gasteiger partial charge in [-0.25, -0.2) is 9.97 Å².